The van der Waals surface area contributed by atoms with E-state index in [1.807, 2.05) is 60.4 Å². The van der Waals surface area contributed by atoms with E-state index in [2.05, 4.69) is 11.0 Å². The predicted octanol–water partition coefficient (Wildman–Crippen LogP) is 3.46. The lowest BCUT2D eigenvalue weighted by molar-refractivity contribution is -0.126. The van der Waals surface area contributed by atoms with Crippen LogP contribution in [0.5, 0.6) is 11.5 Å². The van der Waals surface area contributed by atoms with Gasteiger partial charge in [0.15, 0.2) is 0 Å². The Morgan fingerprint density at radius 2 is 1.74 bits per heavy atom. The van der Waals surface area contributed by atoms with Gasteiger partial charge in [-0.25, -0.2) is 0 Å². The quantitative estimate of drug-likeness (QED) is 0.735. The van der Waals surface area contributed by atoms with Crippen molar-refractivity contribution in [1.82, 2.24) is 4.90 Å². The van der Waals surface area contributed by atoms with Gasteiger partial charge in [0.25, 0.3) is 0 Å². The molecule has 2 aromatic rings. The van der Waals surface area contributed by atoms with Gasteiger partial charge in [0.05, 0.1) is 19.4 Å². The first-order valence-electron chi connectivity index (χ1n) is 9.29. The van der Waals surface area contributed by atoms with Crippen molar-refractivity contribution < 1.29 is 14.3 Å². The molecule has 1 fully saturated rings. The molecule has 0 saturated carbocycles. The summed E-state index contributed by atoms with van der Waals surface area (Å²) >= 11 is 0. The lowest BCUT2D eigenvalue weighted by Gasteiger charge is -2.36. The van der Waals surface area contributed by atoms with E-state index in [-0.39, 0.29) is 5.91 Å². The first-order chi connectivity index (χ1) is 13.2. The van der Waals surface area contributed by atoms with Crippen LogP contribution in [0.25, 0.3) is 6.08 Å². The van der Waals surface area contributed by atoms with Gasteiger partial charge in [-0.05, 0) is 42.8 Å². The summed E-state index contributed by atoms with van der Waals surface area (Å²) in [7, 11) is 1.64. The van der Waals surface area contributed by atoms with Crippen LogP contribution in [0.2, 0.25) is 0 Å². The Morgan fingerprint density at radius 1 is 1.04 bits per heavy atom. The van der Waals surface area contributed by atoms with E-state index in [9.17, 15) is 4.79 Å². The molecule has 0 spiro atoms. The second kappa shape index (κ2) is 9.12. The summed E-state index contributed by atoms with van der Waals surface area (Å²) in [4.78, 5) is 16.6. The smallest absolute Gasteiger partial charge is 0.246 e. The number of hydrogen-bond acceptors (Lipinski definition) is 4. The van der Waals surface area contributed by atoms with Crippen LogP contribution in [0.15, 0.2) is 54.6 Å². The fourth-order valence-electron chi connectivity index (χ4n) is 3.15. The van der Waals surface area contributed by atoms with E-state index in [0.717, 1.165) is 35.8 Å². The zero-order valence-electron chi connectivity index (χ0n) is 15.9. The largest absolute Gasteiger partial charge is 0.497 e. The van der Waals surface area contributed by atoms with Gasteiger partial charge in [-0.1, -0.05) is 24.3 Å². The van der Waals surface area contributed by atoms with Gasteiger partial charge in [0, 0.05) is 32.3 Å². The number of para-hydroxylation sites is 2. The van der Waals surface area contributed by atoms with Gasteiger partial charge >= 0.3 is 0 Å². The van der Waals surface area contributed by atoms with Gasteiger partial charge in [0.2, 0.25) is 5.91 Å². The monoisotopic (exact) mass is 366 g/mol. The van der Waals surface area contributed by atoms with Crippen molar-refractivity contribution >= 4 is 17.7 Å². The fraction of sp³-hybridized carbons (Fsp3) is 0.318. The normalized spacial score (nSPS) is 14.4. The predicted molar refractivity (Wildman–Crippen MR) is 108 cm³/mol. The van der Waals surface area contributed by atoms with Crippen LogP contribution < -0.4 is 14.4 Å². The van der Waals surface area contributed by atoms with Gasteiger partial charge in [-0.15, -0.1) is 0 Å². The third kappa shape index (κ3) is 4.82. The minimum atomic E-state index is 0.0450. The molecule has 1 amide bonds. The van der Waals surface area contributed by atoms with Gasteiger partial charge in [-0.2, -0.15) is 0 Å². The van der Waals surface area contributed by atoms with Gasteiger partial charge < -0.3 is 19.3 Å². The second-order valence-corrected chi connectivity index (χ2v) is 6.32. The van der Waals surface area contributed by atoms with Crippen molar-refractivity contribution in [3.8, 4) is 11.5 Å². The molecule has 5 heteroatoms. The van der Waals surface area contributed by atoms with Gasteiger partial charge in [-0.3, -0.25) is 4.79 Å². The Hall–Kier alpha value is -2.95. The van der Waals surface area contributed by atoms with Crippen molar-refractivity contribution in [3.05, 3.63) is 60.2 Å². The standard InChI is InChI=1S/C22H26N2O3/c1-3-27-21-7-5-4-6-20(21)23-14-16-24(17-15-23)22(25)13-10-18-8-11-19(26-2)12-9-18/h4-13H,3,14-17H2,1-2H3. The highest BCUT2D eigenvalue weighted by Crippen LogP contribution is 2.28. The summed E-state index contributed by atoms with van der Waals surface area (Å²) in [6.07, 6.45) is 3.49. The molecule has 0 atom stereocenters. The van der Waals surface area contributed by atoms with Crippen LogP contribution >= 0.6 is 0 Å². The van der Waals surface area contributed by atoms with Crippen molar-refractivity contribution in [1.29, 1.82) is 0 Å². The maximum Gasteiger partial charge on any atom is 0.246 e. The average molecular weight is 366 g/mol. The molecule has 1 heterocycles. The molecule has 0 N–H and O–H groups in total. The van der Waals surface area contributed by atoms with Crippen LogP contribution in [-0.4, -0.2) is 50.7 Å². The molecule has 142 valence electrons. The highest BCUT2D eigenvalue weighted by Gasteiger charge is 2.21. The summed E-state index contributed by atoms with van der Waals surface area (Å²) in [5.41, 5.74) is 2.08. The molecule has 3 rings (SSSR count). The summed E-state index contributed by atoms with van der Waals surface area (Å²) in [6.45, 7) is 5.63. The SMILES string of the molecule is CCOc1ccccc1N1CCN(C(=O)C=Cc2ccc(OC)cc2)CC1. The molecule has 1 aliphatic rings. The van der Waals surface area contributed by atoms with Crippen molar-refractivity contribution in [2.45, 2.75) is 6.92 Å². The topological polar surface area (TPSA) is 42.0 Å². The number of carbonyl (C=O) groups is 1. The zero-order valence-corrected chi connectivity index (χ0v) is 15.9. The molecule has 0 bridgehead atoms. The number of amides is 1. The lowest BCUT2D eigenvalue weighted by Crippen LogP contribution is -2.48. The van der Waals surface area contributed by atoms with E-state index in [1.54, 1.807) is 13.2 Å². The maximum absolute atomic E-state index is 12.5. The number of rotatable bonds is 6. The number of ether oxygens (including phenoxy) is 2. The molecule has 27 heavy (non-hydrogen) atoms. The highest BCUT2D eigenvalue weighted by molar-refractivity contribution is 5.92. The Labute approximate surface area is 160 Å². The molecular formula is C22H26N2O3. The molecule has 2 aromatic carbocycles. The number of benzene rings is 2. The molecule has 0 aliphatic carbocycles. The van der Waals surface area contributed by atoms with Crippen LogP contribution in [-0.2, 0) is 4.79 Å². The summed E-state index contributed by atoms with van der Waals surface area (Å²) in [5, 5.41) is 0. The highest BCUT2D eigenvalue weighted by atomic mass is 16.5. The number of methoxy groups -OCH3 is 1. The molecule has 1 aliphatic heterocycles. The maximum atomic E-state index is 12.5. The van der Waals surface area contributed by atoms with E-state index >= 15 is 0 Å². The third-order valence-electron chi connectivity index (χ3n) is 4.63. The van der Waals surface area contributed by atoms with Crippen molar-refractivity contribution in [3.63, 3.8) is 0 Å². The zero-order chi connectivity index (χ0) is 19.1. The Morgan fingerprint density at radius 3 is 2.41 bits per heavy atom. The van der Waals surface area contributed by atoms with E-state index < -0.39 is 0 Å². The second-order valence-electron chi connectivity index (χ2n) is 6.32. The Bertz CT molecular complexity index is 778. The minimum Gasteiger partial charge on any atom is -0.497 e. The lowest BCUT2D eigenvalue weighted by atomic mass is 10.2. The number of hydrogen-bond donors (Lipinski definition) is 0. The molecular weight excluding hydrogens is 340 g/mol. The fourth-order valence-corrected chi connectivity index (χ4v) is 3.15. The Kier molecular flexibility index (Phi) is 6.36. The van der Waals surface area contributed by atoms with Crippen molar-refractivity contribution in [2.24, 2.45) is 0 Å². The summed E-state index contributed by atoms with van der Waals surface area (Å²) < 4.78 is 10.9. The number of piperazine rings is 1. The summed E-state index contributed by atoms with van der Waals surface area (Å²) in [6, 6.07) is 15.7. The van der Waals surface area contributed by atoms with E-state index in [0.29, 0.717) is 19.7 Å². The minimum absolute atomic E-state index is 0.0450. The first kappa shape index (κ1) is 18.8. The van der Waals surface area contributed by atoms with Crippen LogP contribution in [0.3, 0.4) is 0 Å². The molecule has 5 nitrogen and oxygen atoms in total. The summed E-state index contributed by atoms with van der Waals surface area (Å²) in [5.74, 6) is 1.75. The first-order valence-corrected chi connectivity index (χ1v) is 9.29. The van der Waals surface area contributed by atoms with Crippen LogP contribution in [0, 0.1) is 0 Å². The number of nitrogens with zero attached hydrogens (tertiary/aromatic N) is 2. The van der Waals surface area contributed by atoms with Crippen LogP contribution in [0.4, 0.5) is 5.69 Å². The number of carbonyl (C=O) groups excluding carboxylic acids is 1. The van der Waals surface area contributed by atoms with Crippen LogP contribution in [0.1, 0.15) is 12.5 Å². The van der Waals surface area contributed by atoms with E-state index in [4.69, 9.17) is 9.47 Å². The molecule has 0 radical (unpaired) electrons. The molecule has 0 unspecified atom stereocenters. The number of anilines is 1. The average Bonchev–Trinajstić information content (AvgIpc) is 2.73. The van der Waals surface area contributed by atoms with Crippen molar-refractivity contribution in [2.75, 3.05) is 44.8 Å². The third-order valence-corrected chi connectivity index (χ3v) is 4.63. The Balaban J connectivity index is 1.57. The van der Waals surface area contributed by atoms with Gasteiger partial charge in [0.1, 0.15) is 11.5 Å². The van der Waals surface area contributed by atoms with E-state index in [1.165, 1.54) is 0 Å². The molecule has 1 saturated heterocycles. The molecule has 0 aromatic heterocycles.